The summed E-state index contributed by atoms with van der Waals surface area (Å²) in [6.07, 6.45) is -0.166. The molecule has 0 bridgehead atoms. The van der Waals surface area contributed by atoms with Crippen LogP contribution in [0.15, 0.2) is 18.2 Å². The van der Waals surface area contributed by atoms with Gasteiger partial charge in [-0.2, -0.15) is 0 Å². The molecule has 7 heteroatoms. The van der Waals surface area contributed by atoms with E-state index in [0.717, 1.165) is 0 Å². The van der Waals surface area contributed by atoms with Gasteiger partial charge in [0.15, 0.2) is 24.2 Å². The van der Waals surface area contributed by atoms with Gasteiger partial charge in [0.25, 0.3) is 0 Å². The fraction of sp³-hybridized carbons (Fsp3) is 0.333. The summed E-state index contributed by atoms with van der Waals surface area (Å²) in [6, 6.07) is 4.47. The third kappa shape index (κ3) is 3.85. The Bertz CT molecular complexity index is 455. The number of carboxylic acids is 2. The molecular weight excluding hydrogens is 256 g/mol. The molecule has 0 aromatic heterocycles. The quantitative estimate of drug-likeness (QED) is 0.484. The maximum atomic E-state index is 10.8. The normalized spacial score (nSPS) is 10.3. The number of aliphatic carboxylic acids is 2. The van der Waals surface area contributed by atoms with Crippen LogP contribution >= 0.6 is 0 Å². The molecule has 0 spiro atoms. The molecule has 0 aliphatic rings. The number of benzene rings is 1. The second-order valence-corrected chi connectivity index (χ2v) is 3.69. The first-order valence-corrected chi connectivity index (χ1v) is 5.35. The van der Waals surface area contributed by atoms with E-state index < -0.39 is 24.6 Å². The summed E-state index contributed by atoms with van der Waals surface area (Å²) in [6.45, 7) is -0.525. The Balaban J connectivity index is 2.96. The third-order valence-corrected chi connectivity index (χ3v) is 2.48. The van der Waals surface area contributed by atoms with Crippen LogP contribution < -0.4 is 9.47 Å². The molecule has 0 aliphatic carbocycles. The number of carboxylic acid groups (broad SMARTS) is 2. The molecule has 0 saturated carbocycles. The van der Waals surface area contributed by atoms with E-state index >= 15 is 0 Å². The van der Waals surface area contributed by atoms with Crippen molar-refractivity contribution in [3.05, 3.63) is 23.8 Å². The van der Waals surface area contributed by atoms with E-state index in [9.17, 15) is 9.59 Å². The van der Waals surface area contributed by atoms with Gasteiger partial charge in [0.05, 0.1) is 7.11 Å². The largest absolute Gasteiger partial charge is 0.493 e. The predicted molar refractivity (Wildman–Crippen MR) is 63.2 cm³/mol. The Hall–Kier alpha value is -2.28. The van der Waals surface area contributed by atoms with Gasteiger partial charge in [0.1, 0.15) is 0 Å². The smallest absolute Gasteiger partial charge is 0.318 e. The summed E-state index contributed by atoms with van der Waals surface area (Å²) in [7, 11) is 1.38. The van der Waals surface area contributed by atoms with Gasteiger partial charge in [-0.05, 0) is 24.1 Å². The van der Waals surface area contributed by atoms with Crippen LogP contribution in [0.3, 0.4) is 0 Å². The zero-order valence-electron chi connectivity index (χ0n) is 10.2. The summed E-state index contributed by atoms with van der Waals surface area (Å²) in [5.41, 5.74) is 0.483. The molecule has 0 fully saturated rings. The molecule has 0 unspecified atom stereocenters. The molecule has 0 saturated heterocycles. The number of ether oxygens (including phenoxy) is 2. The van der Waals surface area contributed by atoms with E-state index in [4.69, 9.17) is 24.8 Å². The SMILES string of the molecule is COc1cc(CC(C(=O)O)C(=O)O)ccc1OCO. The second-order valence-electron chi connectivity index (χ2n) is 3.69. The van der Waals surface area contributed by atoms with E-state index in [-0.39, 0.29) is 12.2 Å². The summed E-state index contributed by atoms with van der Waals surface area (Å²) in [5, 5.41) is 26.3. The van der Waals surface area contributed by atoms with Crippen molar-refractivity contribution in [2.75, 3.05) is 13.9 Å². The van der Waals surface area contributed by atoms with Crippen LogP contribution in [-0.4, -0.2) is 41.2 Å². The summed E-state index contributed by atoms with van der Waals surface area (Å²) < 4.78 is 9.89. The first-order valence-electron chi connectivity index (χ1n) is 5.35. The van der Waals surface area contributed by atoms with E-state index in [1.165, 1.54) is 25.3 Å². The maximum absolute atomic E-state index is 10.8. The number of hydrogen-bond acceptors (Lipinski definition) is 5. The van der Waals surface area contributed by atoms with Crippen LogP contribution in [0.25, 0.3) is 0 Å². The molecule has 0 amide bonds. The molecule has 1 rings (SSSR count). The van der Waals surface area contributed by atoms with Crippen LogP contribution in [0, 0.1) is 5.92 Å². The number of hydrogen-bond donors (Lipinski definition) is 3. The van der Waals surface area contributed by atoms with E-state index in [2.05, 4.69) is 0 Å². The highest BCUT2D eigenvalue weighted by Gasteiger charge is 2.26. The van der Waals surface area contributed by atoms with Gasteiger partial charge in [-0.3, -0.25) is 9.59 Å². The lowest BCUT2D eigenvalue weighted by atomic mass is 9.99. The Morgan fingerprint density at radius 2 is 1.84 bits per heavy atom. The molecule has 7 nitrogen and oxygen atoms in total. The van der Waals surface area contributed by atoms with Gasteiger partial charge in [0, 0.05) is 0 Å². The lowest BCUT2D eigenvalue weighted by Gasteiger charge is -2.12. The van der Waals surface area contributed by atoms with Crippen LogP contribution in [0.2, 0.25) is 0 Å². The van der Waals surface area contributed by atoms with E-state index in [1.807, 2.05) is 0 Å². The monoisotopic (exact) mass is 270 g/mol. The highest BCUT2D eigenvalue weighted by atomic mass is 16.6. The topological polar surface area (TPSA) is 113 Å². The van der Waals surface area contributed by atoms with Gasteiger partial charge in [-0.1, -0.05) is 6.07 Å². The average Bonchev–Trinajstić information content (AvgIpc) is 2.36. The summed E-state index contributed by atoms with van der Waals surface area (Å²) in [5.74, 6) is -3.74. The Morgan fingerprint density at radius 3 is 2.32 bits per heavy atom. The molecule has 3 N–H and O–H groups in total. The van der Waals surface area contributed by atoms with Crippen LogP contribution in [0.5, 0.6) is 11.5 Å². The van der Waals surface area contributed by atoms with Gasteiger partial charge < -0.3 is 24.8 Å². The van der Waals surface area contributed by atoms with Crippen molar-refractivity contribution in [2.24, 2.45) is 5.92 Å². The van der Waals surface area contributed by atoms with Crippen molar-refractivity contribution in [2.45, 2.75) is 6.42 Å². The van der Waals surface area contributed by atoms with Gasteiger partial charge in [-0.25, -0.2) is 0 Å². The zero-order chi connectivity index (χ0) is 14.4. The van der Waals surface area contributed by atoms with E-state index in [1.54, 1.807) is 0 Å². The van der Waals surface area contributed by atoms with E-state index in [0.29, 0.717) is 11.3 Å². The molecule has 0 atom stereocenters. The van der Waals surface area contributed by atoms with Crippen LogP contribution in [-0.2, 0) is 16.0 Å². The molecule has 0 heterocycles. The Kier molecular flexibility index (Phi) is 5.13. The highest BCUT2D eigenvalue weighted by molar-refractivity contribution is 5.93. The number of rotatable bonds is 7. The minimum atomic E-state index is -1.52. The molecule has 0 aliphatic heterocycles. The van der Waals surface area contributed by atoms with Crippen molar-refractivity contribution in [3.8, 4) is 11.5 Å². The zero-order valence-corrected chi connectivity index (χ0v) is 10.2. The number of aliphatic hydroxyl groups is 1. The van der Waals surface area contributed by atoms with Crippen molar-refractivity contribution in [1.29, 1.82) is 0 Å². The molecule has 1 aromatic carbocycles. The predicted octanol–water partition coefficient (Wildman–Crippen LogP) is 0.352. The van der Waals surface area contributed by atoms with Crippen LogP contribution in [0.4, 0.5) is 0 Å². The number of carbonyl (C=O) groups is 2. The molecule has 1 aromatic rings. The van der Waals surface area contributed by atoms with Crippen LogP contribution in [0.1, 0.15) is 5.56 Å². The fourth-order valence-electron chi connectivity index (χ4n) is 1.54. The molecular formula is C12H14O7. The van der Waals surface area contributed by atoms with Gasteiger partial charge in [-0.15, -0.1) is 0 Å². The minimum absolute atomic E-state index is 0.166. The Morgan fingerprint density at radius 1 is 1.21 bits per heavy atom. The lowest BCUT2D eigenvalue weighted by molar-refractivity contribution is -0.154. The average molecular weight is 270 g/mol. The van der Waals surface area contributed by atoms with Gasteiger partial charge >= 0.3 is 11.9 Å². The van der Waals surface area contributed by atoms with Gasteiger partial charge in [0.2, 0.25) is 0 Å². The first kappa shape index (κ1) is 14.8. The molecule has 19 heavy (non-hydrogen) atoms. The minimum Gasteiger partial charge on any atom is -0.493 e. The third-order valence-electron chi connectivity index (χ3n) is 2.48. The van der Waals surface area contributed by atoms with Crippen molar-refractivity contribution >= 4 is 11.9 Å². The Labute approximate surface area is 109 Å². The maximum Gasteiger partial charge on any atom is 0.318 e. The van der Waals surface area contributed by atoms with Crippen molar-refractivity contribution in [1.82, 2.24) is 0 Å². The number of aliphatic hydroxyl groups excluding tert-OH is 1. The van der Waals surface area contributed by atoms with Crippen molar-refractivity contribution < 1.29 is 34.4 Å². The second kappa shape index (κ2) is 6.60. The first-order chi connectivity index (χ1) is 8.99. The summed E-state index contributed by atoms with van der Waals surface area (Å²) in [4.78, 5) is 21.6. The standard InChI is InChI=1S/C12H14O7/c1-18-10-5-7(2-3-9(10)19-6-13)4-8(11(14)15)12(16)17/h2-3,5,8,13H,4,6H2,1H3,(H,14,15)(H,16,17). The fourth-order valence-corrected chi connectivity index (χ4v) is 1.54. The highest BCUT2D eigenvalue weighted by Crippen LogP contribution is 2.28. The summed E-state index contributed by atoms with van der Waals surface area (Å²) >= 11 is 0. The molecule has 104 valence electrons. The lowest BCUT2D eigenvalue weighted by Crippen LogP contribution is -2.25. The van der Waals surface area contributed by atoms with Crippen molar-refractivity contribution in [3.63, 3.8) is 0 Å². The molecule has 0 radical (unpaired) electrons. The number of methoxy groups -OCH3 is 1.